The standard InChI is InChI=1S/C17H28O2.C8H20Si.I2/c1-5-16(2,3)15(18)19-17(4)13-7-11-6-12(9-13)10-14(17)8-11;1-6-8(2)7-9(3,4)5;1-2/h11-14H,5-10H2,1-4H3;8H,6-7H2,1-5H3;. The number of carbonyl (C=O) groups is 1. The summed E-state index contributed by atoms with van der Waals surface area (Å²) in [4.78, 5) is 12.5. The highest BCUT2D eigenvalue weighted by Crippen LogP contribution is 2.59. The smallest absolute Gasteiger partial charge is 0.312 e. The first kappa shape index (κ1) is 29.2. The van der Waals surface area contributed by atoms with Gasteiger partial charge in [0.15, 0.2) is 0 Å². The molecule has 0 N–H and O–H groups in total. The highest BCUT2D eigenvalue weighted by molar-refractivity contribution is 15.0. The van der Waals surface area contributed by atoms with Crippen LogP contribution in [0.1, 0.15) is 86.5 Å². The number of carbonyl (C=O) groups excluding carboxylic acids is 1. The van der Waals surface area contributed by atoms with E-state index >= 15 is 0 Å². The quantitative estimate of drug-likeness (QED) is 0.161. The highest BCUT2D eigenvalue weighted by atomic mass is 128. The van der Waals surface area contributed by atoms with Crippen molar-refractivity contribution in [3.8, 4) is 0 Å². The molecule has 2 nitrogen and oxygen atoms in total. The SMILES string of the molecule is CCC(C)(C)C(=O)OC1(C)C2CC3CC(C2)CC1C3.CCC(C)C[Si](C)(C)C.II. The van der Waals surface area contributed by atoms with Gasteiger partial charge in [0, 0.05) is 45.3 Å². The molecule has 4 rings (SSSR count). The monoisotopic (exact) mass is 662 g/mol. The first-order chi connectivity index (χ1) is 13.8. The van der Waals surface area contributed by atoms with Gasteiger partial charge >= 0.3 is 5.97 Å². The van der Waals surface area contributed by atoms with Gasteiger partial charge in [0.25, 0.3) is 0 Å². The second kappa shape index (κ2) is 12.0. The number of rotatable bonds is 6. The van der Waals surface area contributed by atoms with Crippen LogP contribution in [0.3, 0.4) is 0 Å². The maximum absolute atomic E-state index is 12.5. The van der Waals surface area contributed by atoms with Crippen LogP contribution in [-0.2, 0) is 9.53 Å². The molecule has 5 heteroatoms. The summed E-state index contributed by atoms with van der Waals surface area (Å²) in [5.74, 6) is 4.07. The predicted octanol–water partition coefficient (Wildman–Crippen LogP) is 9.32. The van der Waals surface area contributed by atoms with E-state index in [0.717, 1.165) is 24.2 Å². The van der Waals surface area contributed by atoms with E-state index in [-0.39, 0.29) is 17.0 Å². The van der Waals surface area contributed by atoms with Crippen LogP contribution in [0.25, 0.3) is 0 Å². The molecule has 0 aromatic heterocycles. The first-order valence-corrected chi connectivity index (χ1v) is 22.2. The van der Waals surface area contributed by atoms with Gasteiger partial charge in [-0.3, -0.25) is 4.79 Å². The Kier molecular flexibility index (Phi) is 11.7. The van der Waals surface area contributed by atoms with Crippen LogP contribution >= 0.6 is 37.2 Å². The topological polar surface area (TPSA) is 26.3 Å². The van der Waals surface area contributed by atoms with E-state index in [1.54, 1.807) is 0 Å². The molecule has 1 unspecified atom stereocenters. The molecule has 0 aromatic carbocycles. The summed E-state index contributed by atoms with van der Waals surface area (Å²) in [6, 6.07) is 1.49. The van der Waals surface area contributed by atoms with Crippen LogP contribution in [0.15, 0.2) is 0 Å². The van der Waals surface area contributed by atoms with Gasteiger partial charge in [0.2, 0.25) is 0 Å². The molecule has 178 valence electrons. The molecule has 0 amide bonds. The molecule has 4 fully saturated rings. The van der Waals surface area contributed by atoms with Crippen molar-refractivity contribution in [2.45, 2.75) is 118 Å². The molecule has 0 radical (unpaired) electrons. The summed E-state index contributed by atoms with van der Waals surface area (Å²) in [5, 5.41) is 0. The third-order valence-electron chi connectivity index (χ3n) is 8.17. The molecule has 4 aliphatic rings. The Morgan fingerprint density at radius 2 is 1.47 bits per heavy atom. The molecule has 0 aliphatic heterocycles. The lowest BCUT2D eigenvalue weighted by Gasteiger charge is -2.59. The third-order valence-corrected chi connectivity index (χ3v) is 10.1. The van der Waals surface area contributed by atoms with E-state index in [1.165, 1.54) is 44.6 Å². The van der Waals surface area contributed by atoms with Crippen molar-refractivity contribution in [3.63, 3.8) is 0 Å². The van der Waals surface area contributed by atoms with Gasteiger partial charge in [-0.2, -0.15) is 0 Å². The molecule has 4 aliphatic carbocycles. The molecule has 0 aromatic rings. The number of hydrogen-bond donors (Lipinski definition) is 0. The van der Waals surface area contributed by atoms with Crippen molar-refractivity contribution in [1.29, 1.82) is 0 Å². The minimum atomic E-state index is -0.741. The van der Waals surface area contributed by atoms with E-state index in [2.05, 4.69) is 84.6 Å². The van der Waals surface area contributed by atoms with E-state index in [9.17, 15) is 4.79 Å². The number of halogens is 2. The first-order valence-electron chi connectivity index (χ1n) is 12.2. The van der Waals surface area contributed by atoms with E-state index in [1.807, 2.05) is 13.8 Å². The molecule has 4 saturated carbocycles. The maximum Gasteiger partial charge on any atom is 0.312 e. The predicted molar refractivity (Wildman–Crippen MR) is 151 cm³/mol. The van der Waals surface area contributed by atoms with Crippen LogP contribution in [-0.4, -0.2) is 19.6 Å². The van der Waals surface area contributed by atoms with Crippen LogP contribution in [0, 0.1) is 35.0 Å². The zero-order chi connectivity index (χ0) is 23.3. The molecule has 0 spiro atoms. The summed E-state index contributed by atoms with van der Waals surface area (Å²) in [6.07, 6.45) is 8.82. The van der Waals surface area contributed by atoms with Crippen LogP contribution in [0.2, 0.25) is 25.7 Å². The largest absolute Gasteiger partial charge is 0.458 e. The average Bonchev–Trinajstić information content (AvgIpc) is 2.66. The molecule has 30 heavy (non-hydrogen) atoms. The van der Waals surface area contributed by atoms with Crippen molar-refractivity contribution in [2.75, 3.05) is 0 Å². The highest BCUT2D eigenvalue weighted by Gasteiger charge is 2.57. The van der Waals surface area contributed by atoms with Crippen LogP contribution in [0.5, 0.6) is 0 Å². The summed E-state index contributed by atoms with van der Waals surface area (Å²) in [6.45, 7) is 20.3. The van der Waals surface area contributed by atoms with Crippen molar-refractivity contribution in [1.82, 2.24) is 0 Å². The van der Waals surface area contributed by atoms with Gasteiger partial charge < -0.3 is 4.74 Å². The number of hydrogen-bond acceptors (Lipinski definition) is 2. The Balaban J connectivity index is 0.000000349. The lowest BCUT2D eigenvalue weighted by molar-refractivity contribution is -0.211. The minimum absolute atomic E-state index is 0.0185. The Morgan fingerprint density at radius 3 is 1.77 bits per heavy atom. The molecule has 0 saturated heterocycles. The van der Waals surface area contributed by atoms with Crippen LogP contribution in [0.4, 0.5) is 0 Å². The number of esters is 1. The van der Waals surface area contributed by atoms with Crippen LogP contribution < -0.4 is 0 Å². The Morgan fingerprint density at radius 1 is 1.03 bits per heavy atom. The Bertz CT molecular complexity index is 514. The summed E-state index contributed by atoms with van der Waals surface area (Å²) in [5.41, 5.74) is -0.505. The summed E-state index contributed by atoms with van der Waals surface area (Å²) in [7, 11) is -0.741. The maximum atomic E-state index is 12.5. The number of ether oxygens (including phenoxy) is 1. The van der Waals surface area contributed by atoms with Gasteiger partial charge in [-0.1, -0.05) is 52.9 Å². The fraction of sp³-hybridized carbons (Fsp3) is 0.960. The van der Waals surface area contributed by atoms with Gasteiger partial charge in [-0.25, -0.2) is 0 Å². The molecule has 4 bridgehead atoms. The fourth-order valence-corrected chi connectivity index (χ4v) is 8.34. The van der Waals surface area contributed by atoms with Crippen molar-refractivity contribution in [2.24, 2.45) is 35.0 Å². The fourth-order valence-electron chi connectivity index (χ4n) is 5.96. The Hall–Kier alpha value is 1.15. The molecular weight excluding hydrogens is 614 g/mol. The van der Waals surface area contributed by atoms with Gasteiger partial charge in [0.1, 0.15) is 5.60 Å². The zero-order valence-corrected chi connectivity index (χ0v) is 26.4. The van der Waals surface area contributed by atoms with Crippen molar-refractivity contribution < 1.29 is 9.53 Å². The normalized spacial score (nSPS) is 33.0. The molecule has 0 heterocycles. The lowest BCUT2D eigenvalue weighted by Crippen LogP contribution is -2.58. The van der Waals surface area contributed by atoms with E-state index < -0.39 is 8.07 Å². The molecular formula is C25H48I2O2Si. The Labute approximate surface area is 212 Å². The van der Waals surface area contributed by atoms with E-state index in [0.29, 0.717) is 11.8 Å². The molecule has 1 atom stereocenters. The summed E-state index contributed by atoms with van der Waals surface area (Å²) < 4.78 is 6.13. The van der Waals surface area contributed by atoms with Gasteiger partial charge in [-0.15, -0.1) is 0 Å². The minimum Gasteiger partial charge on any atom is -0.458 e. The van der Waals surface area contributed by atoms with Gasteiger partial charge in [0.05, 0.1) is 5.41 Å². The second-order valence-electron chi connectivity index (χ2n) is 12.4. The zero-order valence-electron chi connectivity index (χ0n) is 21.1. The lowest BCUT2D eigenvalue weighted by atomic mass is 9.50. The third kappa shape index (κ3) is 7.88. The average molecular weight is 663 g/mol. The van der Waals surface area contributed by atoms with Gasteiger partial charge in [-0.05, 0) is 88.9 Å². The van der Waals surface area contributed by atoms with Crippen molar-refractivity contribution >= 4 is 51.3 Å². The summed E-state index contributed by atoms with van der Waals surface area (Å²) >= 11 is 4.24. The second-order valence-corrected chi connectivity index (χ2v) is 17.9. The van der Waals surface area contributed by atoms with E-state index in [4.69, 9.17) is 4.74 Å². The van der Waals surface area contributed by atoms with Crippen molar-refractivity contribution in [3.05, 3.63) is 0 Å².